The second-order valence-corrected chi connectivity index (χ2v) is 5.68. The van der Waals surface area contributed by atoms with Crippen LogP contribution in [-0.2, 0) is 20.7 Å². The molecule has 0 saturated heterocycles. The van der Waals surface area contributed by atoms with Gasteiger partial charge in [-0.3, -0.25) is 9.78 Å². The molecule has 0 fully saturated rings. The normalized spacial score (nSPS) is 10.8. The lowest BCUT2D eigenvalue weighted by Gasteiger charge is -2.12. The first-order valence-electron chi connectivity index (χ1n) is 8.51. The average molecular weight is 330 g/mol. The van der Waals surface area contributed by atoms with Crippen molar-refractivity contribution < 1.29 is 14.3 Å². The predicted octanol–water partition coefficient (Wildman–Crippen LogP) is 3.57. The van der Waals surface area contributed by atoms with E-state index in [1.54, 1.807) is 0 Å². The topological polar surface area (TPSA) is 60.5 Å². The number of methoxy groups -OCH3 is 1. The molecule has 2 aromatic rings. The second kappa shape index (κ2) is 9.88. The van der Waals surface area contributed by atoms with Crippen LogP contribution in [0.25, 0.3) is 10.9 Å². The van der Waals surface area contributed by atoms with Crippen LogP contribution in [0, 0.1) is 0 Å². The van der Waals surface area contributed by atoms with E-state index < -0.39 is 0 Å². The molecule has 1 aromatic heterocycles. The van der Waals surface area contributed by atoms with Crippen molar-refractivity contribution in [1.29, 1.82) is 0 Å². The van der Waals surface area contributed by atoms with Gasteiger partial charge in [-0.05, 0) is 25.0 Å². The molecule has 5 nitrogen and oxygen atoms in total. The summed E-state index contributed by atoms with van der Waals surface area (Å²) in [5, 5.41) is 4.49. The molecule has 0 atom stereocenters. The molecule has 0 aliphatic heterocycles. The zero-order valence-corrected chi connectivity index (χ0v) is 14.5. The number of hydrogen-bond donors (Lipinski definition) is 1. The molecule has 0 amide bonds. The lowest BCUT2D eigenvalue weighted by molar-refractivity contribution is -0.139. The molecule has 0 aliphatic rings. The fourth-order valence-corrected chi connectivity index (χ4v) is 2.43. The Morgan fingerprint density at radius 1 is 1.21 bits per heavy atom. The van der Waals surface area contributed by atoms with E-state index in [-0.39, 0.29) is 12.4 Å². The summed E-state index contributed by atoms with van der Waals surface area (Å²) in [6.07, 6.45) is 3.38. The van der Waals surface area contributed by atoms with Gasteiger partial charge >= 0.3 is 5.97 Å². The molecule has 1 heterocycles. The first-order valence-corrected chi connectivity index (χ1v) is 8.51. The van der Waals surface area contributed by atoms with Crippen molar-refractivity contribution in [2.75, 3.05) is 32.2 Å². The summed E-state index contributed by atoms with van der Waals surface area (Å²) in [6.45, 7) is 4.56. The van der Waals surface area contributed by atoms with Gasteiger partial charge in [0.25, 0.3) is 0 Å². The molecule has 24 heavy (non-hydrogen) atoms. The Labute approximate surface area is 143 Å². The van der Waals surface area contributed by atoms with Gasteiger partial charge in [-0.1, -0.05) is 31.5 Å². The number of pyridine rings is 1. The van der Waals surface area contributed by atoms with Gasteiger partial charge in [0, 0.05) is 30.8 Å². The molecule has 0 unspecified atom stereocenters. The number of benzene rings is 1. The zero-order chi connectivity index (χ0) is 17.2. The van der Waals surface area contributed by atoms with Crippen molar-refractivity contribution in [2.45, 2.75) is 32.6 Å². The molecule has 5 heteroatoms. The van der Waals surface area contributed by atoms with E-state index in [1.165, 1.54) is 7.11 Å². The van der Waals surface area contributed by atoms with E-state index in [4.69, 9.17) is 9.47 Å². The number of rotatable bonds is 10. The van der Waals surface area contributed by atoms with Crippen LogP contribution in [0.2, 0.25) is 0 Å². The van der Waals surface area contributed by atoms with Gasteiger partial charge in [0.05, 0.1) is 24.7 Å². The number of unbranched alkanes of at least 4 members (excludes halogenated alkanes) is 1. The van der Waals surface area contributed by atoms with E-state index in [9.17, 15) is 4.79 Å². The van der Waals surface area contributed by atoms with E-state index in [0.29, 0.717) is 5.69 Å². The molecule has 0 spiro atoms. The van der Waals surface area contributed by atoms with E-state index in [2.05, 4.69) is 17.2 Å². The first kappa shape index (κ1) is 18.2. The fourth-order valence-electron chi connectivity index (χ4n) is 2.43. The number of ether oxygens (including phenoxy) is 2. The van der Waals surface area contributed by atoms with Crippen molar-refractivity contribution in [3.05, 3.63) is 36.0 Å². The fraction of sp³-hybridized carbons (Fsp3) is 0.474. The minimum atomic E-state index is -0.284. The predicted molar refractivity (Wildman–Crippen MR) is 96.3 cm³/mol. The minimum absolute atomic E-state index is 0.177. The van der Waals surface area contributed by atoms with Crippen LogP contribution in [0.5, 0.6) is 0 Å². The maximum absolute atomic E-state index is 11.5. The highest BCUT2D eigenvalue weighted by Crippen LogP contribution is 2.23. The van der Waals surface area contributed by atoms with Crippen LogP contribution in [0.1, 0.15) is 31.9 Å². The maximum Gasteiger partial charge on any atom is 0.311 e. The SMILES string of the molecule is CCCCOCCCNc1cc(CC(=O)OC)nc2ccccc12. The monoisotopic (exact) mass is 330 g/mol. The molecule has 2 rings (SSSR count). The van der Waals surface area contributed by atoms with Crippen molar-refractivity contribution in [2.24, 2.45) is 0 Å². The minimum Gasteiger partial charge on any atom is -0.469 e. The molecule has 0 bridgehead atoms. The number of anilines is 1. The number of esters is 1. The van der Waals surface area contributed by atoms with Crippen LogP contribution in [0.3, 0.4) is 0 Å². The quantitative estimate of drug-likeness (QED) is 0.533. The Bertz CT molecular complexity index is 658. The molecule has 1 N–H and O–H groups in total. The number of fused-ring (bicyclic) bond motifs is 1. The number of nitrogens with one attached hydrogen (secondary N) is 1. The van der Waals surface area contributed by atoms with Gasteiger partial charge in [0.2, 0.25) is 0 Å². The second-order valence-electron chi connectivity index (χ2n) is 5.68. The van der Waals surface area contributed by atoms with Crippen LogP contribution in [0.15, 0.2) is 30.3 Å². The van der Waals surface area contributed by atoms with Crippen LogP contribution >= 0.6 is 0 Å². The summed E-state index contributed by atoms with van der Waals surface area (Å²) in [5.41, 5.74) is 2.58. The third-order valence-corrected chi connectivity index (χ3v) is 3.75. The van der Waals surface area contributed by atoms with Crippen molar-refractivity contribution in [3.8, 4) is 0 Å². The first-order chi connectivity index (χ1) is 11.7. The summed E-state index contributed by atoms with van der Waals surface area (Å²) < 4.78 is 10.3. The summed E-state index contributed by atoms with van der Waals surface area (Å²) in [5.74, 6) is -0.284. The van der Waals surface area contributed by atoms with E-state index in [1.807, 2.05) is 30.3 Å². The Kier molecular flexibility index (Phi) is 7.49. The van der Waals surface area contributed by atoms with Crippen molar-refractivity contribution >= 4 is 22.6 Å². The number of carbonyl (C=O) groups excluding carboxylic acids is 1. The molecule has 0 aliphatic carbocycles. The number of hydrogen-bond acceptors (Lipinski definition) is 5. The maximum atomic E-state index is 11.5. The highest BCUT2D eigenvalue weighted by atomic mass is 16.5. The largest absolute Gasteiger partial charge is 0.469 e. The standard InChI is InChI=1S/C19H26N2O3/c1-3-4-11-24-12-7-10-20-18-13-15(14-19(22)23-2)21-17-9-6-5-8-16(17)18/h5-6,8-9,13H,3-4,7,10-12,14H2,1-2H3,(H,20,21). The summed E-state index contributed by atoms with van der Waals surface area (Å²) in [6, 6.07) is 9.85. The number of aromatic nitrogens is 1. The molecule has 0 radical (unpaired) electrons. The van der Waals surface area contributed by atoms with Gasteiger partial charge in [-0.15, -0.1) is 0 Å². The van der Waals surface area contributed by atoms with E-state index in [0.717, 1.165) is 55.6 Å². The van der Waals surface area contributed by atoms with Crippen molar-refractivity contribution in [3.63, 3.8) is 0 Å². The number of nitrogens with zero attached hydrogens (tertiary/aromatic N) is 1. The summed E-state index contributed by atoms with van der Waals surface area (Å²) >= 11 is 0. The Hall–Kier alpha value is -2.14. The molecule has 1 aromatic carbocycles. The lowest BCUT2D eigenvalue weighted by Crippen LogP contribution is -2.09. The molecular weight excluding hydrogens is 304 g/mol. The highest BCUT2D eigenvalue weighted by Gasteiger charge is 2.09. The Morgan fingerprint density at radius 3 is 2.79 bits per heavy atom. The average Bonchev–Trinajstić information content (AvgIpc) is 2.60. The number of para-hydroxylation sites is 1. The van der Waals surface area contributed by atoms with Gasteiger partial charge in [0.1, 0.15) is 0 Å². The Morgan fingerprint density at radius 2 is 2.00 bits per heavy atom. The van der Waals surface area contributed by atoms with Gasteiger partial charge in [-0.25, -0.2) is 0 Å². The van der Waals surface area contributed by atoms with Crippen molar-refractivity contribution in [1.82, 2.24) is 4.98 Å². The lowest BCUT2D eigenvalue weighted by atomic mass is 10.1. The van der Waals surface area contributed by atoms with E-state index >= 15 is 0 Å². The molecular formula is C19H26N2O3. The smallest absolute Gasteiger partial charge is 0.311 e. The molecule has 0 saturated carbocycles. The van der Waals surface area contributed by atoms with Crippen LogP contribution < -0.4 is 5.32 Å². The molecule has 130 valence electrons. The van der Waals surface area contributed by atoms with Gasteiger partial charge < -0.3 is 14.8 Å². The van der Waals surface area contributed by atoms with Crippen LogP contribution in [-0.4, -0.2) is 37.8 Å². The summed E-state index contributed by atoms with van der Waals surface area (Å²) in [7, 11) is 1.39. The van der Waals surface area contributed by atoms with Crippen LogP contribution in [0.4, 0.5) is 5.69 Å². The Balaban J connectivity index is 2.00. The number of carbonyl (C=O) groups is 1. The third kappa shape index (κ3) is 5.49. The van der Waals surface area contributed by atoms with Gasteiger partial charge in [0.15, 0.2) is 0 Å². The third-order valence-electron chi connectivity index (χ3n) is 3.75. The summed E-state index contributed by atoms with van der Waals surface area (Å²) in [4.78, 5) is 16.1. The highest BCUT2D eigenvalue weighted by molar-refractivity contribution is 5.91. The van der Waals surface area contributed by atoms with Gasteiger partial charge in [-0.2, -0.15) is 0 Å². The zero-order valence-electron chi connectivity index (χ0n) is 14.5.